The molecule has 9 nitrogen and oxygen atoms in total. The van der Waals surface area contributed by atoms with Gasteiger partial charge in [0.2, 0.25) is 11.9 Å². The van der Waals surface area contributed by atoms with Gasteiger partial charge >= 0.3 is 0 Å². The lowest BCUT2D eigenvalue weighted by atomic mass is 9.42. The van der Waals surface area contributed by atoms with Crippen molar-refractivity contribution in [2.75, 3.05) is 29.7 Å². The molecule has 2 bridgehead atoms. The van der Waals surface area contributed by atoms with E-state index in [1.807, 2.05) is 42.9 Å². The van der Waals surface area contributed by atoms with Gasteiger partial charge in [0.1, 0.15) is 17.4 Å². The number of nitrogens with one attached hydrogen (secondary N) is 2. The highest BCUT2D eigenvalue weighted by molar-refractivity contribution is 6.03. The summed E-state index contributed by atoms with van der Waals surface area (Å²) in [6.07, 6.45) is 5.53. The number of nitrogens with zero attached hydrogens (tertiary/aromatic N) is 5. The van der Waals surface area contributed by atoms with Crippen LogP contribution in [0, 0.1) is 12.3 Å². The van der Waals surface area contributed by atoms with Crippen molar-refractivity contribution in [3.63, 3.8) is 0 Å². The predicted molar refractivity (Wildman–Crippen MR) is 114 cm³/mol. The smallest absolute Gasteiger partial charge is 0.249 e. The number of aromatic nitrogens is 4. The maximum absolute atomic E-state index is 13.7. The molecule has 2 atom stereocenters. The molecule has 4 aliphatic rings. The van der Waals surface area contributed by atoms with Crippen molar-refractivity contribution in [2.24, 2.45) is 5.41 Å². The number of amides is 1. The van der Waals surface area contributed by atoms with Gasteiger partial charge < -0.3 is 20.3 Å². The lowest BCUT2D eigenvalue weighted by Gasteiger charge is -2.65. The summed E-state index contributed by atoms with van der Waals surface area (Å²) < 4.78 is 21.0. The molecule has 2 aromatic heterocycles. The zero-order chi connectivity index (χ0) is 22.0. The zero-order valence-corrected chi connectivity index (χ0v) is 18.3. The van der Waals surface area contributed by atoms with Crippen molar-refractivity contribution in [1.82, 2.24) is 19.7 Å². The third-order valence-corrected chi connectivity index (χ3v) is 6.87. The van der Waals surface area contributed by atoms with Gasteiger partial charge in [0.15, 0.2) is 5.82 Å². The molecule has 0 saturated heterocycles. The van der Waals surface area contributed by atoms with E-state index in [1.54, 1.807) is 7.11 Å². The number of methoxy groups -OCH3 is 1. The molecule has 1 aliphatic heterocycles. The summed E-state index contributed by atoms with van der Waals surface area (Å²) in [6.45, 7) is 5.00. The van der Waals surface area contributed by atoms with Crippen LogP contribution in [0.3, 0.4) is 0 Å². The van der Waals surface area contributed by atoms with Crippen molar-refractivity contribution in [2.45, 2.75) is 64.0 Å². The first kappa shape index (κ1) is 20.2. The fourth-order valence-electron chi connectivity index (χ4n) is 5.34. The van der Waals surface area contributed by atoms with Gasteiger partial charge in [-0.15, -0.1) is 0 Å². The van der Waals surface area contributed by atoms with E-state index >= 15 is 0 Å². The fourth-order valence-corrected chi connectivity index (χ4v) is 5.34. The normalized spacial score (nSPS) is 29.5. The Morgan fingerprint density at radius 3 is 2.81 bits per heavy atom. The van der Waals surface area contributed by atoms with E-state index in [-0.39, 0.29) is 17.4 Å². The van der Waals surface area contributed by atoms with Crippen LogP contribution >= 0.6 is 0 Å². The standard InChI is InChI=1S/C21H28FN7O2/c1-12-15-17(28(3)16(13(2)31-4)18(30)26-15)27-19(25-12)23-5-14-6-24-29(7-14)11-20-8-21(22,9-20)10-20/h6-7,13,16H,5,8-11H2,1-4H3,(H,26,30)(H,23,25,27)/t13-,16+,20?,21?/m1/s1. The first-order valence-corrected chi connectivity index (χ1v) is 10.6. The second-order valence-corrected chi connectivity index (χ2v) is 9.40. The van der Waals surface area contributed by atoms with Crippen LogP contribution in [0.15, 0.2) is 12.4 Å². The molecular formula is C21H28FN7O2. The molecule has 3 saturated carbocycles. The number of aryl methyl sites for hydroxylation is 1. The minimum atomic E-state index is -0.883. The molecule has 166 valence electrons. The van der Waals surface area contributed by atoms with E-state index in [2.05, 4.69) is 25.7 Å². The van der Waals surface area contributed by atoms with Crippen molar-refractivity contribution in [1.29, 1.82) is 0 Å². The van der Waals surface area contributed by atoms with Crippen molar-refractivity contribution in [3.05, 3.63) is 23.7 Å². The molecule has 0 radical (unpaired) electrons. The van der Waals surface area contributed by atoms with Gasteiger partial charge in [-0.05, 0) is 38.5 Å². The van der Waals surface area contributed by atoms with Gasteiger partial charge in [0.25, 0.3) is 0 Å². The van der Waals surface area contributed by atoms with Crippen molar-refractivity contribution < 1.29 is 13.9 Å². The molecule has 3 heterocycles. The molecule has 1 amide bonds. The highest BCUT2D eigenvalue weighted by Crippen LogP contribution is 2.70. The Morgan fingerprint density at radius 1 is 1.39 bits per heavy atom. The SMILES string of the molecule is CO[C@H](C)[C@H]1C(=O)Nc2c(C)nc(NCc3cnn(CC45CC(F)(C4)C5)c3)nc2N1C. The maximum Gasteiger partial charge on any atom is 0.249 e. The number of fused-ring (bicyclic) bond motifs is 1. The van der Waals surface area contributed by atoms with Crippen LogP contribution in [-0.2, 0) is 22.6 Å². The summed E-state index contributed by atoms with van der Waals surface area (Å²) in [5, 5.41) is 10.6. The van der Waals surface area contributed by atoms with Crippen LogP contribution < -0.4 is 15.5 Å². The zero-order valence-electron chi connectivity index (χ0n) is 18.3. The Labute approximate surface area is 180 Å². The summed E-state index contributed by atoms with van der Waals surface area (Å²) in [7, 11) is 3.42. The average Bonchev–Trinajstić information content (AvgIpc) is 3.12. The van der Waals surface area contributed by atoms with Crippen LogP contribution in [0.2, 0.25) is 0 Å². The topological polar surface area (TPSA) is 97.2 Å². The monoisotopic (exact) mass is 429 g/mol. The van der Waals surface area contributed by atoms with E-state index in [9.17, 15) is 9.18 Å². The summed E-state index contributed by atoms with van der Waals surface area (Å²) in [5.74, 6) is 1.00. The first-order valence-electron chi connectivity index (χ1n) is 10.6. The second kappa shape index (κ2) is 6.88. The number of carbonyl (C=O) groups is 1. The molecule has 0 spiro atoms. The highest BCUT2D eigenvalue weighted by atomic mass is 19.1. The molecule has 0 unspecified atom stereocenters. The Balaban J connectivity index is 1.27. The molecule has 10 heteroatoms. The number of hydrogen-bond acceptors (Lipinski definition) is 7. The van der Waals surface area contributed by atoms with Gasteiger partial charge in [0.05, 0.1) is 18.0 Å². The second-order valence-electron chi connectivity index (χ2n) is 9.40. The van der Waals surface area contributed by atoms with Crippen LogP contribution in [0.1, 0.15) is 37.4 Å². The van der Waals surface area contributed by atoms with E-state index in [1.165, 1.54) is 0 Å². The molecule has 31 heavy (non-hydrogen) atoms. The highest BCUT2D eigenvalue weighted by Gasteiger charge is 2.69. The predicted octanol–water partition coefficient (Wildman–Crippen LogP) is 2.28. The number of ether oxygens (including phenoxy) is 1. The third kappa shape index (κ3) is 3.33. The number of alkyl halides is 1. The summed E-state index contributed by atoms with van der Waals surface area (Å²) >= 11 is 0. The lowest BCUT2D eigenvalue weighted by Crippen LogP contribution is -2.65. The molecule has 6 rings (SSSR count). The quantitative estimate of drug-likeness (QED) is 0.697. The lowest BCUT2D eigenvalue weighted by molar-refractivity contribution is -0.221. The summed E-state index contributed by atoms with van der Waals surface area (Å²) in [6, 6.07) is -0.474. The number of anilines is 3. The van der Waals surface area contributed by atoms with E-state index in [0.29, 0.717) is 49.0 Å². The van der Waals surface area contributed by atoms with Crippen LogP contribution in [0.5, 0.6) is 0 Å². The molecule has 2 aromatic rings. The maximum atomic E-state index is 13.7. The first-order chi connectivity index (χ1) is 14.7. The molecule has 3 aliphatic carbocycles. The van der Waals surface area contributed by atoms with Crippen molar-refractivity contribution in [3.8, 4) is 0 Å². The summed E-state index contributed by atoms with van der Waals surface area (Å²) in [5.41, 5.74) is 1.55. The molecule has 3 fully saturated rings. The Morgan fingerprint density at radius 2 is 2.13 bits per heavy atom. The fraction of sp³-hybridized carbons (Fsp3) is 0.619. The van der Waals surface area contributed by atoms with E-state index in [4.69, 9.17) is 4.74 Å². The third-order valence-electron chi connectivity index (χ3n) is 6.87. The number of carbonyl (C=O) groups excluding carboxylic acids is 1. The Kier molecular flexibility index (Phi) is 4.47. The van der Waals surface area contributed by atoms with E-state index in [0.717, 1.165) is 12.1 Å². The van der Waals surface area contributed by atoms with Crippen LogP contribution in [0.4, 0.5) is 21.8 Å². The van der Waals surface area contributed by atoms with Gasteiger partial charge in [-0.2, -0.15) is 10.1 Å². The number of likely N-dealkylation sites (N-methyl/N-ethyl adjacent to an activating group) is 1. The molecule has 2 N–H and O–H groups in total. The minimum absolute atomic E-state index is 0.120. The van der Waals surface area contributed by atoms with Gasteiger partial charge in [-0.1, -0.05) is 0 Å². The van der Waals surface area contributed by atoms with E-state index < -0.39 is 11.7 Å². The minimum Gasteiger partial charge on any atom is -0.379 e. The largest absolute Gasteiger partial charge is 0.379 e. The molecule has 0 aromatic carbocycles. The van der Waals surface area contributed by atoms with Gasteiger partial charge in [-0.3, -0.25) is 9.48 Å². The van der Waals surface area contributed by atoms with Crippen LogP contribution in [0.25, 0.3) is 0 Å². The Hall–Kier alpha value is -2.75. The average molecular weight is 430 g/mol. The van der Waals surface area contributed by atoms with Gasteiger partial charge in [-0.25, -0.2) is 9.37 Å². The number of halogens is 1. The van der Waals surface area contributed by atoms with Gasteiger partial charge in [0, 0.05) is 39.0 Å². The summed E-state index contributed by atoms with van der Waals surface area (Å²) in [4.78, 5) is 23.5. The number of hydrogen-bond donors (Lipinski definition) is 2. The molecular weight excluding hydrogens is 401 g/mol. The number of rotatable bonds is 7. The Bertz CT molecular complexity index is 1020. The van der Waals surface area contributed by atoms with Crippen molar-refractivity contribution >= 4 is 23.4 Å². The van der Waals surface area contributed by atoms with Crippen LogP contribution in [-0.4, -0.2) is 57.6 Å².